The van der Waals surface area contributed by atoms with Crippen LogP contribution in [0.4, 0.5) is 31.5 Å². The minimum absolute atomic E-state index is 0.0215. The molecular formula is C24H34F2N6O4. The van der Waals surface area contributed by atoms with Crippen molar-refractivity contribution < 1.29 is 23.3 Å². The number of nitrogen functional groups attached to an aromatic ring is 1. The number of carbonyl (C=O) groups is 2. The summed E-state index contributed by atoms with van der Waals surface area (Å²) in [5, 5.41) is 10.9. The number of halogens is 2. The minimum atomic E-state index is -0.672. The number of benzene rings is 2. The Balaban J connectivity index is 0.000000362. The lowest BCUT2D eigenvalue weighted by Gasteiger charge is -2.25. The predicted octanol–water partition coefficient (Wildman–Crippen LogP) is 2.63. The van der Waals surface area contributed by atoms with Gasteiger partial charge >= 0.3 is 0 Å². The lowest BCUT2D eigenvalue weighted by molar-refractivity contribution is -0.384. The second-order valence-corrected chi connectivity index (χ2v) is 8.05. The van der Waals surface area contributed by atoms with Crippen LogP contribution in [0, 0.1) is 21.7 Å². The van der Waals surface area contributed by atoms with E-state index in [-0.39, 0.29) is 41.7 Å². The van der Waals surface area contributed by atoms with Crippen LogP contribution in [-0.2, 0) is 9.59 Å². The molecule has 0 aliphatic rings. The van der Waals surface area contributed by atoms with Crippen molar-refractivity contribution in [1.82, 2.24) is 0 Å². The van der Waals surface area contributed by atoms with Gasteiger partial charge in [-0.3, -0.25) is 19.7 Å². The van der Waals surface area contributed by atoms with E-state index in [0.717, 1.165) is 17.8 Å². The minimum Gasteiger partial charge on any atom is -0.397 e. The molecule has 0 radical (unpaired) electrons. The highest BCUT2D eigenvalue weighted by Crippen LogP contribution is 2.29. The van der Waals surface area contributed by atoms with Gasteiger partial charge in [0.05, 0.1) is 22.4 Å². The third kappa shape index (κ3) is 10.3. The quantitative estimate of drug-likeness (QED) is 0.210. The Morgan fingerprint density at radius 1 is 0.833 bits per heavy atom. The zero-order chi connectivity index (χ0) is 27.3. The molecule has 0 spiro atoms. The molecule has 0 saturated heterocycles. The summed E-state index contributed by atoms with van der Waals surface area (Å²) in [5.74, 6) is -0.959. The van der Waals surface area contributed by atoms with Gasteiger partial charge in [0.1, 0.15) is 28.9 Å². The monoisotopic (exact) mass is 508 g/mol. The highest BCUT2D eigenvalue weighted by molar-refractivity contribution is 5.77. The van der Waals surface area contributed by atoms with Crippen LogP contribution in [0.2, 0.25) is 0 Å². The van der Waals surface area contributed by atoms with Crippen LogP contribution in [-0.4, -0.2) is 55.8 Å². The fourth-order valence-electron chi connectivity index (χ4n) is 3.33. The molecule has 36 heavy (non-hydrogen) atoms. The molecule has 0 aliphatic heterocycles. The molecule has 10 nitrogen and oxygen atoms in total. The summed E-state index contributed by atoms with van der Waals surface area (Å²) in [6.07, 6.45) is 0.686. The first-order chi connectivity index (χ1) is 17.0. The molecule has 0 aliphatic carbocycles. The molecule has 0 amide bonds. The summed E-state index contributed by atoms with van der Waals surface area (Å²) >= 11 is 0. The van der Waals surface area contributed by atoms with E-state index < -0.39 is 10.7 Å². The zero-order valence-corrected chi connectivity index (χ0v) is 20.6. The first-order valence-corrected chi connectivity index (χ1v) is 11.4. The van der Waals surface area contributed by atoms with Crippen molar-refractivity contribution in [1.29, 1.82) is 0 Å². The summed E-state index contributed by atoms with van der Waals surface area (Å²) in [6.45, 7) is 5.53. The number of nitrogens with two attached hydrogens (primary N) is 3. The van der Waals surface area contributed by atoms with Crippen molar-refractivity contribution in [3.63, 3.8) is 0 Å². The first-order valence-electron chi connectivity index (χ1n) is 11.4. The summed E-state index contributed by atoms with van der Waals surface area (Å²) in [7, 11) is 0. The number of nitrogens with zero attached hydrogens (tertiary/aromatic N) is 3. The maximum Gasteiger partial charge on any atom is 0.295 e. The maximum absolute atomic E-state index is 13.1. The smallest absolute Gasteiger partial charge is 0.295 e. The van der Waals surface area contributed by atoms with Gasteiger partial charge in [0.15, 0.2) is 0 Å². The Morgan fingerprint density at radius 3 is 1.69 bits per heavy atom. The summed E-state index contributed by atoms with van der Waals surface area (Å²) < 4.78 is 26.0. The van der Waals surface area contributed by atoms with Crippen molar-refractivity contribution in [3.8, 4) is 0 Å². The molecule has 0 atom stereocenters. The third-order valence-electron chi connectivity index (χ3n) is 5.07. The molecule has 2 rings (SSSR count). The average molecular weight is 509 g/mol. The molecule has 198 valence electrons. The topological polar surface area (TPSA) is 162 Å². The summed E-state index contributed by atoms with van der Waals surface area (Å²) in [6, 6.07) is 7.59. The zero-order valence-electron chi connectivity index (χ0n) is 20.6. The SMILES string of the molecule is CC(=O)CCN(CCN)c1ccc(F)cc1N.CC(=O)CCN(CCN)c1ccc(F)cc1[N+](=O)[O-]. The molecule has 0 unspecified atom stereocenters. The molecular weight excluding hydrogens is 474 g/mol. The average Bonchev–Trinajstić information content (AvgIpc) is 2.80. The number of rotatable bonds is 13. The molecule has 0 saturated carbocycles. The second kappa shape index (κ2) is 15.4. The standard InChI is InChI=1S/C12H16FN3O3.C12H18FN3O/c1-9(17)4-6-15(7-5-14)11-3-2-10(13)8-12(11)16(18)19;1-9(17)4-6-16(7-5-14)12-3-2-10(13)8-11(12)15/h2-3,8H,4-7,14H2,1H3;2-3,8H,4-7,14-15H2,1H3. The van der Waals surface area contributed by atoms with Gasteiger partial charge in [-0.2, -0.15) is 0 Å². The van der Waals surface area contributed by atoms with Crippen LogP contribution in [0.5, 0.6) is 0 Å². The van der Waals surface area contributed by atoms with Gasteiger partial charge in [-0.05, 0) is 44.2 Å². The molecule has 0 fully saturated rings. The molecule has 0 aromatic heterocycles. The van der Waals surface area contributed by atoms with Crippen LogP contribution < -0.4 is 27.0 Å². The molecule has 2 aromatic carbocycles. The van der Waals surface area contributed by atoms with E-state index in [1.54, 1.807) is 11.0 Å². The lowest BCUT2D eigenvalue weighted by Crippen LogP contribution is -2.31. The molecule has 0 bridgehead atoms. The van der Waals surface area contributed by atoms with Gasteiger partial charge in [0.2, 0.25) is 0 Å². The molecule has 12 heteroatoms. The van der Waals surface area contributed by atoms with E-state index in [9.17, 15) is 28.5 Å². The van der Waals surface area contributed by atoms with Crippen LogP contribution >= 0.6 is 0 Å². The number of ketones is 2. The first kappa shape index (κ1) is 30.4. The third-order valence-corrected chi connectivity index (χ3v) is 5.07. The number of anilines is 3. The Kier molecular flexibility index (Phi) is 13.0. The van der Waals surface area contributed by atoms with Crippen LogP contribution in [0.3, 0.4) is 0 Å². The van der Waals surface area contributed by atoms with Gasteiger partial charge in [0.25, 0.3) is 5.69 Å². The van der Waals surface area contributed by atoms with Gasteiger partial charge in [-0.15, -0.1) is 0 Å². The highest BCUT2D eigenvalue weighted by Gasteiger charge is 2.20. The van der Waals surface area contributed by atoms with Crippen molar-refractivity contribution in [2.24, 2.45) is 11.5 Å². The number of hydrogen-bond donors (Lipinski definition) is 3. The largest absolute Gasteiger partial charge is 0.397 e. The van der Waals surface area contributed by atoms with Crippen molar-refractivity contribution in [3.05, 3.63) is 58.1 Å². The van der Waals surface area contributed by atoms with Crippen molar-refractivity contribution >= 4 is 34.3 Å². The summed E-state index contributed by atoms with van der Waals surface area (Å²) in [5.41, 5.74) is 17.8. The van der Waals surface area contributed by atoms with Crippen LogP contribution in [0.1, 0.15) is 26.7 Å². The van der Waals surface area contributed by atoms with Crippen LogP contribution in [0.15, 0.2) is 36.4 Å². The lowest BCUT2D eigenvalue weighted by atomic mass is 10.2. The molecule has 6 N–H and O–H groups in total. The predicted molar refractivity (Wildman–Crippen MR) is 137 cm³/mol. The Morgan fingerprint density at radius 2 is 1.28 bits per heavy atom. The van der Waals surface area contributed by atoms with Crippen LogP contribution in [0.25, 0.3) is 0 Å². The van der Waals surface area contributed by atoms with Gasteiger partial charge in [-0.1, -0.05) is 0 Å². The molecule has 0 heterocycles. The Labute approximate surface area is 209 Å². The van der Waals surface area contributed by atoms with Gasteiger partial charge < -0.3 is 27.0 Å². The van der Waals surface area contributed by atoms with E-state index in [4.69, 9.17) is 17.2 Å². The Bertz CT molecular complexity index is 1040. The number of nitro benzene ring substituents is 1. The number of hydrogen-bond acceptors (Lipinski definition) is 9. The normalized spacial score (nSPS) is 10.3. The van der Waals surface area contributed by atoms with Crippen molar-refractivity contribution in [2.45, 2.75) is 26.7 Å². The number of nitro groups is 1. The highest BCUT2D eigenvalue weighted by atomic mass is 19.1. The second-order valence-electron chi connectivity index (χ2n) is 8.05. The van der Waals surface area contributed by atoms with E-state index in [0.29, 0.717) is 44.8 Å². The van der Waals surface area contributed by atoms with Gasteiger partial charge in [-0.25, -0.2) is 8.78 Å². The number of Topliss-reactive ketones (excluding diaryl/α,β-unsaturated/α-hetero) is 2. The summed E-state index contributed by atoms with van der Waals surface area (Å²) in [4.78, 5) is 35.8. The van der Waals surface area contributed by atoms with Gasteiger partial charge in [0, 0.05) is 52.1 Å². The number of carbonyl (C=O) groups excluding carboxylic acids is 2. The fraction of sp³-hybridized carbons (Fsp3) is 0.417. The maximum atomic E-state index is 13.1. The van der Waals surface area contributed by atoms with E-state index in [1.165, 1.54) is 32.0 Å². The van der Waals surface area contributed by atoms with Crippen molar-refractivity contribution in [2.75, 3.05) is 54.8 Å². The Hall–Kier alpha value is -3.64. The fourth-order valence-corrected chi connectivity index (χ4v) is 3.33. The van der Waals surface area contributed by atoms with E-state index in [1.807, 2.05) is 4.90 Å². The van der Waals surface area contributed by atoms with E-state index in [2.05, 4.69) is 0 Å². The molecule has 2 aromatic rings. The van der Waals surface area contributed by atoms with E-state index >= 15 is 0 Å².